The molecule has 2 aromatic carbocycles. The molecule has 0 aromatic heterocycles. The van der Waals surface area contributed by atoms with E-state index in [4.69, 9.17) is 0 Å². The van der Waals surface area contributed by atoms with Crippen LogP contribution >= 0.6 is 0 Å². The summed E-state index contributed by atoms with van der Waals surface area (Å²) in [6.45, 7) is 2.58. The Morgan fingerprint density at radius 1 is 1.21 bits per heavy atom. The minimum absolute atomic E-state index is 0.0559. The monoisotopic (exact) mass is 324 g/mol. The molecule has 1 amide bonds. The number of nitrogens with zero attached hydrogens (tertiary/aromatic N) is 2. The maximum atomic E-state index is 13.0. The van der Waals surface area contributed by atoms with E-state index in [2.05, 4.69) is 6.92 Å². The first-order chi connectivity index (χ1) is 11.6. The molecule has 0 spiro atoms. The van der Waals surface area contributed by atoms with Crippen molar-refractivity contribution >= 4 is 11.6 Å². The van der Waals surface area contributed by atoms with Crippen molar-refractivity contribution in [3.63, 3.8) is 0 Å². The molecule has 1 aliphatic rings. The van der Waals surface area contributed by atoms with Crippen LogP contribution in [0.25, 0.3) is 0 Å². The summed E-state index contributed by atoms with van der Waals surface area (Å²) in [5, 5.41) is 11.0. The van der Waals surface area contributed by atoms with Crippen molar-refractivity contribution in [1.29, 1.82) is 0 Å². The number of hydrogen-bond donors (Lipinski definition) is 0. The summed E-state index contributed by atoms with van der Waals surface area (Å²) >= 11 is 0. The fourth-order valence-corrected chi connectivity index (χ4v) is 2.93. The first kappa shape index (κ1) is 16.2. The van der Waals surface area contributed by atoms with Crippen LogP contribution in [0.1, 0.15) is 35.7 Å². The molecule has 0 saturated heterocycles. The van der Waals surface area contributed by atoms with Crippen LogP contribution in [0.4, 0.5) is 5.69 Å². The number of carbonyl (C=O) groups is 1. The Balaban J connectivity index is 1.88. The molecule has 0 radical (unpaired) electrons. The zero-order valence-corrected chi connectivity index (χ0v) is 13.6. The zero-order valence-electron chi connectivity index (χ0n) is 13.6. The van der Waals surface area contributed by atoms with Crippen molar-refractivity contribution in [2.75, 3.05) is 0 Å². The molecule has 24 heavy (non-hydrogen) atoms. The van der Waals surface area contributed by atoms with Crippen molar-refractivity contribution in [3.8, 4) is 0 Å². The van der Waals surface area contributed by atoms with E-state index in [1.165, 1.54) is 12.1 Å². The lowest BCUT2D eigenvalue weighted by Crippen LogP contribution is -2.39. The predicted molar refractivity (Wildman–Crippen MR) is 91.6 cm³/mol. The third-order valence-corrected chi connectivity index (χ3v) is 4.56. The topological polar surface area (TPSA) is 63.5 Å². The minimum Gasteiger partial charge on any atom is -0.331 e. The highest BCUT2D eigenvalue weighted by Gasteiger charge is 2.34. The van der Waals surface area contributed by atoms with Crippen LogP contribution in [-0.4, -0.2) is 21.8 Å². The van der Waals surface area contributed by atoms with Crippen LogP contribution in [0.15, 0.2) is 54.6 Å². The molecular formula is C19H20N2O3. The Bertz CT molecular complexity index is 741. The summed E-state index contributed by atoms with van der Waals surface area (Å²) in [5.74, 6) is 0.373. The molecule has 1 aliphatic carbocycles. The maximum Gasteiger partial charge on any atom is 0.270 e. The largest absolute Gasteiger partial charge is 0.331 e. The molecule has 1 unspecified atom stereocenters. The number of nitro benzene ring substituents is 1. The molecular weight excluding hydrogens is 304 g/mol. The van der Waals surface area contributed by atoms with Gasteiger partial charge < -0.3 is 4.90 Å². The van der Waals surface area contributed by atoms with Gasteiger partial charge in [-0.2, -0.15) is 0 Å². The molecule has 1 fully saturated rings. The average Bonchev–Trinajstić information content (AvgIpc) is 3.44. The predicted octanol–water partition coefficient (Wildman–Crippen LogP) is 4.04. The number of nitro groups is 1. The Morgan fingerprint density at radius 2 is 1.92 bits per heavy atom. The number of benzene rings is 2. The second-order valence-corrected chi connectivity index (χ2v) is 6.30. The number of carbonyl (C=O) groups excluding carboxylic acids is 1. The van der Waals surface area contributed by atoms with Gasteiger partial charge in [0.1, 0.15) is 0 Å². The Labute approximate surface area is 141 Å². The van der Waals surface area contributed by atoms with Crippen LogP contribution in [0.5, 0.6) is 0 Å². The highest BCUT2D eigenvalue weighted by atomic mass is 16.6. The summed E-state index contributed by atoms with van der Waals surface area (Å²) in [5.41, 5.74) is 1.37. The standard InChI is InChI=1S/C19H20N2O3/c1-14(16-10-11-16)20(13-15-6-3-2-4-7-15)19(22)17-8-5-9-18(12-17)21(23)24/h2-9,12,14,16H,10-11,13H2,1H3. The van der Waals surface area contributed by atoms with Crippen LogP contribution in [0.3, 0.4) is 0 Å². The van der Waals surface area contributed by atoms with Crippen LogP contribution < -0.4 is 0 Å². The first-order valence-corrected chi connectivity index (χ1v) is 8.15. The molecule has 3 rings (SSSR count). The second-order valence-electron chi connectivity index (χ2n) is 6.30. The summed E-state index contributed by atoms with van der Waals surface area (Å²) in [6.07, 6.45) is 2.27. The van der Waals surface area contributed by atoms with Gasteiger partial charge in [0.25, 0.3) is 11.6 Å². The maximum absolute atomic E-state index is 13.0. The van der Waals surface area contributed by atoms with Crippen molar-refractivity contribution < 1.29 is 9.72 Å². The summed E-state index contributed by atoms with van der Waals surface area (Å²) in [7, 11) is 0. The van der Waals surface area contributed by atoms with E-state index >= 15 is 0 Å². The van der Waals surface area contributed by atoms with Gasteiger partial charge in [0.2, 0.25) is 0 Å². The van der Waals surface area contributed by atoms with Crippen LogP contribution in [0.2, 0.25) is 0 Å². The number of rotatable bonds is 6. The van der Waals surface area contributed by atoms with Crippen molar-refractivity contribution in [1.82, 2.24) is 4.90 Å². The van der Waals surface area contributed by atoms with E-state index in [1.54, 1.807) is 12.1 Å². The molecule has 0 aliphatic heterocycles. The molecule has 1 saturated carbocycles. The average molecular weight is 324 g/mol. The number of amides is 1. The van der Waals surface area contributed by atoms with E-state index in [9.17, 15) is 14.9 Å². The van der Waals surface area contributed by atoms with Gasteiger partial charge in [-0.25, -0.2) is 0 Å². The second kappa shape index (κ2) is 6.83. The SMILES string of the molecule is CC(C1CC1)N(Cc1ccccc1)C(=O)c1cccc([N+](=O)[O-])c1. The minimum atomic E-state index is -0.470. The molecule has 124 valence electrons. The van der Waals surface area contributed by atoms with E-state index < -0.39 is 4.92 Å². The van der Waals surface area contributed by atoms with Gasteiger partial charge in [-0.3, -0.25) is 14.9 Å². The summed E-state index contributed by atoms with van der Waals surface area (Å²) in [4.78, 5) is 25.3. The number of non-ortho nitro benzene ring substituents is 1. The summed E-state index contributed by atoms with van der Waals surface area (Å²) in [6, 6.07) is 15.9. The molecule has 0 bridgehead atoms. The fourth-order valence-electron chi connectivity index (χ4n) is 2.93. The van der Waals surface area contributed by atoms with Crippen LogP contribution in [0, 0.1) is 16.0 Å². The Morgan fingerprint density at radius 3 is 2.54 bits per heavy atom. The van der Waals surface area contributed by atoms with Crippen molar-refractivity contribution in [2.45, 2.75) is 32.4 Å². The lowest BCUT2D eigenvalue weighted by atomic mass is 10.1. The van der Waals surface area contributed by atoms with Gasteiger partial charge in [0, 0.05) is 30.3 Å². The van der Waals surface area contributed by atoms with Gasteiger partial charge >= 0.3 is 0 Å². The Kier molecular flexibility index (Phi) is 4.60. The van der Waals surface area contributed by atoms with Gasteiger partial charge in [-0.05, 0) is 37.3 Å². The smallest absolute Gasteiger partial charge is 0.270 e. The Hall–Kier alpha value is -2.69. The van der Waals surface area contributed by atoms with Crippen molar-refractivity contribution in [2.24, 2.45) is 5.92 Å². The van der Waals surface area contributed by atoms with Gasteiger partial charge in [-0.1, -0.05) is 36.4 Å². The molecule has 5 heteroatoms. The molecule has 1 atom stereocenters. The van der Waals surface area contributed by atoms with E-state index in [0.717, 1.165) is 18.4 Å². The highest BCUT2D eigenvalue weighted by molar-refractivity contribution is 5.95. The highest BCUT2D eigenvalue weighted by Crippen LogP contribution is 2.36. The summed E-state index contributed by atoms with van der Waals surface area (Å²) < 4.78 is 0. The molecule has 0 N–H and O–H groups in total. The molecule has 0 heterocycles. The van der Waals surface area contributed by atoms with Crippen molar-refractivity contribution in [3.05, 3.63) is 75.8 Å². The third-order valence-electron chi connectivity index (χ3n) is 4.56. The number of hydrogen-bond acceptors (Lipinski definition) is 3. The van der Waals surface area contributed by atoms with Gasteiger partial charge in [0.05, 0.1) is 4.92 Å². The first-order valence-electron chi connectivity index (χ1n) is 8.15. The van der Waals surface area contributed by atoms with E-state index in [-0.39, 0.29) is 17.6 Å². The fraction of sp³-hybridized carbons (Fsp3) is 0.316. The molecule has 5 nitrogen and oxygen atoms in total. The van der Waals surface area contributed by atoms with E-state index in [0.29, 0.717) is 18.0 Å². The lowest BCUT2D eigenvalue weighted by molar-refractivity contribution is -0.384. The quantitative estimate of drug-likeness (QED) is 0.595. The van der Waals surface area contributed by atoms with Crippen LogP contribution in [-0.2, 0) is 6.54 Å². The molecule has 2 aromatic rings. The third kappa shape index (κ3) is 3.62. The van der Waals surface area contributed by atoms with E-state index in [1.807, 2.05) is 35.2 Å². The van der Waals surface area contributed by atoms with Gasteiger partial charge in [-0.15, -0.1) is 0 Å². The normalized spacial score (nSPS) is 14.9. The van der Waals surface area contributed by atoms with Gasteiger partial charge in [0.15, 0.2) is 0 Å². The zero-order chi connectivity index (χ0) is 17.1. The lowest BCUT2D eigenvalue weighted by Gasteiger charge is -2.29.